The third kappa shape index (κ3) is 4.51. The molecule has 2 aromatic carbocycles. The Morgan fingerprint density at radius 3 is 2.52 bits per heavy atom. The van der Waals surface area contributed by atoms with Gasteiger partial charge in [0.2, 0.25) is 0 Å². The molecule has 2 heterocycles. The maximum absolute atomic E-state index is 14.6. The minimum absolute atomic E-state index is 0.103. The molecule has 40 heavy (non-hydrogen) atoms. The van der Waals surface area contributed by atoms with Crippen LogP contribution in [-0.4, -0.2) is 26.5 Å². The number of rotatable bonds is 6. The van der Waals surface area contributed by atoms with Gasteiger partial charge < -0.3 is 19.5 Å². The van der Waals surface area contributed by atoms with Gasteiger partial charge in [0.1, 0.15) is 27.4 Å². The van der Waals surface area contributed by atoms with E-state index in [1.54, 1.807) is 38.1 Å². The summed E-state index contributed by atoms with van der Waals surface area (Å²) in [6.07, 6.45) is 2.59. The fourth-order valence-electron chi connectivity index (χ4n) is 6.26. The van der Waals surface area contributed by atoms with Crippen molar-refractivity contribution in [2.75, 3.05) is 0 Å². The van der Waals surface area contributed by atoms with Crippen molar-refractivity contribution in [2.24, 2.45) is 11.8 Å². The van der Waals surface area contributed by atoms with Gasteiger partial charge >= 0.3 is 0 Å². The second kappa shape index (κ2) is 10.1. The fraction of sp³-hybridized carbons (Fsp3) is 0.414. The highest BCUT2D eigenvalue weighted by molar-refractivity contribution is 7.18. The van der Waals surface area contributed by atoms with Gasteiger partial charge in [0.05, 0.1) is 44.7 Å². The zero-order valence-corrected chi connectivity index (χ0v) is 24.1. The molecule has 2 aliphatic rings. The number of nitriles is 1. The first kappa shape index (κ1) is 27.6. The molecule has 2 aromatic heterocycles. The highest BCUT2D eigenvalue weighted by Crippen LogP contribution is 2.57. The van der Waals surface area contributed by atoms with Crippen LogP contribution >= 0.6 is 34.5 Å². The molecule has 7 nitrogen and oxygen atoms in total. The van der Waals surface area contributed by atoms with Crippen LogP contribution < -0.4 is 0 Å². The summed E-state index contributed by atoms with van der Waals surface area (Å²) in [6.45, 7) is 3.32. The van der Waals surface area contributed by atoms with Gasteiger partial charge in [0.25, 0.3) is 0 Å². The van der Waals surface area contributed by atoms with E-state index in [-0.39, 0.29) is 41.4 Å². The average Bonchev–Trinajstić information content (AvgIpc) is 3.55. The Kier molecular flexibility index (Phi) is 6.93. The third-order valence-corrected chi connectivity index (χ3v) is 9.90. The van der Waals surface area contributed by atoms with E-state index in [9.17, 15) is 19.9 Å². The Morgan fingerprint density at radius 1 is 1.23 bits per heavy atom. The highest BCUT2D eigenvalue weighted by atomic mass is 35.5. The molecule has 2 unspecified atom stereocenters. The molecule has 6 rings (SSSR count). The summed E-state index contributed by atoms with van der Waals surface area (Å²) in [5, 5.41) is 37.4. The van der Waals surface area contributed by atoms with Gasteiger partial charge in [-0.3, -0.25) is 0 Å². The first-order chi connectivity index (χ1) is 19.0. The molecule has 11 heteroatoms. The van der Waals surface area contributed by atoms with Crippen LogP contribution in [0.2, 0.25) is 10.0 Å². The molecule has 2 fully saturated rings. The van der Waals surface area contributed by atoms with Crippen LogP contribution in [0.15, 0.2) is 34.9 Å². The van der Waals surface area contributed by atoms with Gasteiger partial charge in [-0.1, -0.05) is 34.4 Å². The molecule has 2 N–H and O–H groups in total. The maximum Gasteiger partial charge on any atom is 0.173 e. The number of benzene rings is 2. The van der Waals surface area contributed by atoms with Gasteiger partial charge in [0, 0.05) is 5.56 Å². The van der Waals surface area contributed by atoms with E-state index in [2.05, 4.69) is 10.1 Å². The molecule has 4 aromatic rings. The lowest BCUT2D eigenvalue weighted by Crippen LogP contribution is -2.44. The zero-order chi connectivity index (χ0) is 28.4. The predicted molar refractivity (Wildman–Crippen MR) is 149 cm³/mol. The van der Waals surface area contributed by atoms with Gasteiger partial charge in [0.15, 0.2) is 11.6 Å². The summed E-state index contributed by atoms with van der Waals surface area (Å²) in [5.41, 5.74) is -0.622. The van der Waals surface area contributed by atoms with Crippen molar-refractivity contribution in [1.82, 2.24) is 10.1 Å². The molecule has 208 valence electrons. The molecule has 2 aliphatic carbocycles. The maximum atomic E-state index is 14.6. The molecular formula is C29H26Cl2FN3O4S. The van der Waals surface area contributed by atoms with E-state index in [0.29, 0.717) is 49.4 Å². The smallest absolute Gasteiger partial charge is 0.173 e. The van der Waals surface area contributed by atoms with E-state index >= 15 is 0 Å². The van der Waals surface area contributed by atoms with Crippen molar-refractivity contribution >= 4 is 44.8 Å². The number of ether oxygens (including phenoxy) is 1. The van der Waals surface area contributed by atoms with Crippen molar-refractivity contribution in [3.8, 4) is 17.3 Å². The van der Waals surface area contributed by atoms with Gasteiger partial charge in [-0.05, 0) is 75.6 Å². The molecule has 2 bridgehead atoms. The standard InChI is InChI=1S/C29H26Cl2FN3O4S/c1-28(2,36)26-18(24(35-39-26)23-19(30)4-3-5-20(23)31)13-38-17-10-15-6-7-16(11-17)29(15,37)27-34-25-21(32)8-14(12-33)9-22(25)40-27/h3-5,8-9,15-17,36-37H,6-7,10-11,13H2,1-2H3/t15-,16+,17?,29?. The quantitative estimate of drug-likeness (QED) is 0.242. The summed E-state index contributed by atoms with van der Waals surface area (Å²) in [5.74, 6) is -0.537. The zero-order valence-electron chi connectivity index (χ0n) is 21.7. The molecular weight excluding hydrogens is 576 g/mol. The first-order valence-electron chi connectivity index (χ1n) is 13.0. The Labute approximate surface area is 244 Å². The number of nitrogens with zero attached hydrogens (tertiary/aromatic N) is 3. The number of halogens is 3. The summed E-state index contributed by atoms with van der Waals surface area (Å²) in [7, 11) is 0. The fourth-order valence-corrected chi connectivity index (χ4v) is 8.10. The van der Waals surface area contributed by atoms with Crippen LogP contribution in [0.25, 0.3) is 21.5 Å². The minimum atomic E-state index is -1.32. The summed E-state index contributed by atoms with van der Waals surface area (Å²) in [6, 6.07) is 9.91. The molecule has 0 radical (unpaired) electrons. The molecule has 0 aliphatic heterocycles. The summed E-state index contributed by atoms with van der Waals surface area (Å²) in [4.78, 5) is 4.51. The number of thiazole rings is 1. The number of hydrogen-bond donors (Lipinski definition) is 2. The predicted octanol–water partition coefficient (Wildman–Crippen LogP) is 7.09. The molecule has 2 saturated carbocycles. The van der Waals surface area contributed by atoms with E-state index < -0.39 is 17.0 Å². The van der Waals surface area contributed by atoms with Crippen LogP contribution in [-0.2, 0) is 22.5 Å². The van der Waals surface area contributed by atoms with Gasteiger partial charge in [-0.15, -0.1) is 11.3 Å². The van der Waals surface area contributed by atoms with Crippen LogP contribution in [0.1, 0.15) is 61.4 Å². The second-order valence-corrected chi connectivity index (χ2v) is 13.0. The van der Waals surface area contributed by atoms with Crippen LogP contribution in [0.3, 0.4) is 0 Å². The second-order valence-electron chi connectivity index (χ2n) is 11.1. The largest absolute Gasteiger partial charge is 0.382 e. The van der Waals surface area contributed by atoms with Crippen LogP contribution in [0, 0.1) is 29.0 Å². The first-order valence-corrected chi connectivity index (χ1v) is 14.6. The Balaban J connectivity index is 1.26. The lowest BCUT2D eigenvalue weighted by Gasteiger charge is -2.41. The van der Waals surface area contributed by atoms with Crippen molar-refractivity contribution in [2.45, 2.75) is 63.4 Å². The number of hydrogen-bond acceptors (Lipinski definition) is 8. The van der Waals surface area contributed by atoms with Crippen molar-refractivity contribution in [1.29, 1.82) is 5.26 Å². The Morgan fingerprint density at radius 2 is 1.90 bits per heavy atom. The Bertz CT molecular complexity index is 1620. The third-order valence-electron chi connectivity index (χ3n) is 8.13. The topological polar surface area (TPSA) is 112 Å². The van der Waals surface area contributed by atoms with Gasteiger partial charge in [-0.2, -0.15) is 5.26 Å². The Hall–Kier alpha value is -2.58. The van der Waals surface area contributed by atoms with Crippen molar-refractivity contribution in [3.63, 3.8) is 0 Å². The van der Waals surface area contributed by atoms with Crippen molar-refractivity contribution in [3.05, 3.63) is 68.1 Å². The number of aliphatic hydroxyl groups is 2. The van der Waals surface area contributed by atoms with Crippen LogP contribution in [0.5, 0.6) is 0 Å². The molecule has 0 amide bonds. The number of aromatic nitrogens is 2. The van der Waals surface area contributed by atoms with E-state index in [4.69, 9.17) is 32.5 Å². The normalized spacial score (nSPS) is 24.5. The van der Waals surface area contributed by atoms with E-state index in [1.807, 2.05) is 6.07 Å². The number of fused-ring (bicyclic) bond motifs is 3. The summed E-state index contributed by atoms with van der Waals surface area (Å²) < 4.78 is 27.1. The lowest BCUT2D eigenvalue weighted by atomic mass is 9.73. The van der Waals surface area contributed by atoms with E-state index in [0.717, 1.165) is 12.8 Å². The molecule has 0 spiro atoms. The van der Waals surface area contributed by atoms with Crippen molar-refractivity contribution < 1.29 is 23.9 Å². The average molecular weight is 603 g/mol. The lowest BCUT2D eigenvalue weighted by molar-refractivity contribution is -0.116. The highest BCUT2D eigenvalue weighted by Gasteiger charge is 2.56. The monoisotopic (exact) mass is 601 g/mol. The summed E-state index contributed by atoms with van der Waals surface area (Å²) >= 11 is 14.2. The molecule has 4 atom stereocenters. The van der Waals surface area contributed by atoms with E-state index in [1.165, 1.54) is 17.4 Å². The van der Waals surface area contributed by atoms with Crippen LogP contribution in [0.4, 0.5) is 4.39 Å². The SMILES string of the molecule is CC(C)(O)c1onc(-c2c(Cl)cccc2Cl)c1COC1C[C@H]2CC[C@@H](C1)C2(O)c1nc2c(F)cc(C#N)cc2s1. The molecule has 0 saturated heterocycles. The minimum Gasteiger partial charge on any atom is -0.382 e. The van der Waals surface area contributed by atoms with Gasteiger partial charge in [-0.25, -0.2) is 9.37 Å².